The Morgan fingerprint density at radius 2 is 1.48 bits per heavy atom. The number of nitrogens with one attached hydrogen (secondary N) is 1. The highest BCUT2D eigenvalue weighted by atomic mass is 32.1. The number of nitrogens with zero attached hydrogens (tertiary/aromatic N) is 3. The molecular weight excluding hydrogens is 404 g/mol. The van der Waals surface area contributed by atoms with Gasteiger partial charge in [0.05, 0.1) is 50.0 Å². The zero-order valence-corrected chi connectivity index (χ0v) is 18.5. The van der Waals surface area contributed by atoms with E-state index in [1.807, 2.05) is 18.2 Å². The van der Waals surface area contributed by atoms with Crippen molar-refractivity contribution in [1.82, 2.24) is 9.13 Å². The number of fused-ring (bicyclic) bond motifs is 1. The first-order valence-electron chi connectivity index (χ1n) is 10.7. The van der Waals surface area contributed by atoms with Gasteiger partial charge in [0.1, 0.15) is 5.75 Å². The Balaban J connectivity index is 1.40. The van der Waals surface area contributed by atoms with Crippen molar-refractivity contribution < 1.29 is 9.64 Å². The molecule has 4 aromatic rings. The van der Waals surface area contributed by atoms with E-state index >= 15 is 0 Å². The van der Waals surface area contributed by atoms with Crippen LogP contribution in [0.2, 0.25) is 0 Å². The van der Waals surface area contributed by atoms with Crippen molar-refractivity contribution in [1.29, 1.82) is 0 Å². The lowest BCUT2D eigenvalue weighted by Crippen LogP contribution is -3.14. The summed E-state index contributed by atoms with van der Waals surface area (Å²) in [6.45, 7) is 5.00. The summed E-state index contributed by atoms with van der Waals surface area (Å²) in [4.78, 5) is 3.97. The van der Waals surface area contributed by atoms with E-state index in [1.54, 1.807) is 12.0 Å². The van der Waals surface area contributed by atoms with Gasteiger partial charge < -0.3 is 14.5 Å². The van der Waals surface area contributed by atoms with Crippen LogP contribution in [0.25, 0.3) is 16.7 Å². The van der Waals surface area contributed by atoms with Gasteiger partial charge in [-0.05, 0) is 48.6 Å². The minimum Gasteiger partial charge on any atom is -0.495 e. The molecule has 0 atom stereocenters. The van der Waals surface area contributed by atoms with Crippen molar-refractivity contribution in [2.45, 2.75) is 6.67 Å². The third kappa shape index (κ3) is 3.73. The van der Waals surface area contributed by atoms with E-state index in [9.17, 15) is 0 Å². The fourth-order valence-corrected chi connectivity index (χ4v) is 4.89. The Morgan fingerprint density at radius 1 is 0.839 bits per heavy atom. The van der Waals surface area contributed by atoms with E-state index in [-0.39, 0.29) is 0 Å². The molecule has 0 amide bonds. The van der Waals surface area contributed by atoms with E-state index in [1.165, 1.54) is 11.2 Å². The van der Waals surface area contributed by atoms with Crippen LogP contribution in [0.15, 0.2) is 78.9 Å². The number of quaternary nitrogens is 1. The largest absolute Gasteiger partial charge is 0.495 e. The lowest BCUT2D eigenvalue weighted by molar-refractivity contribution is -0.923. The average Bonchev–Trinajstić information content (AvgIpc) is 3.11. The summed E-state index contributed by atoms with van der Waals surface area (Å²) < 4.78 is 10.9. The molecule has 5 nitrogen and oxygen atoms in total. The summed E-state index contributed by atoms with van der Waals surface area (Å²) in [5.74, 6) is 0.944. The molecule has 1 saturated heterocycles. The van der Waals surface area contributed by atoms with Crippen LogP contribution < -0.4 is 14.5 Å². The summed E-state index contributed by atoms with van der Waals surface area (Å²) in [6, 6.07) is 27.2. The Hall–Kier alpha value is -3.09. The second-order valence-corrected chi connectivity index (χ2v) is 8.30. The number of benzene rings is 3. The lowest BCUT2D eigenvalue weighted by Gasteiger charge is -2.34. The fourth-order valence-electron chi connectivity index (χ4n) is 4.52. The number of para-hydroxylation sites is 5. The molecule has 1 fully saturated rings. The van der Waals surface area contributed by atoms with Crippen LogP contribution in [0.3, 0.4) is 0 Å². The predicted molar refractivity (Wildman–Crippen MR) is 128 cm³/mol. The number of piperazine rings is 1. The standard InChI is InChI=1S/C25H26N4OS/c1-30-24-14-8-7-13-23(24)27-17-15-26(16-18-27)19-28-21-11-5-6-12-22(21)29(25(28)31)20-9-3-2-4-10-20/h2-14H,15-19H2,1H3/p+1. The molecule has 0 radical (unpaired) electrons. The molecule has 6 heteroatoms. The number of rotatable bonds is 5. The molecule has 1 N–H and O–H groups in total. The molecular formula is C25H27N4OS+. The van der Waals surface area contributed by atoms with Gasteiger partial charge in [-0.3, -0.25) is 9.13 Å². The summed E-state index contributed by atoms with van der Waals surface area (Å²) in [6.07, 6.45) is 0. The molecule has 0 unspecified atom stereocenters. The van der Waals surface area contributed by atoms with Crippen LogP contribution in [0.5, 0.6) is 5.75 Å². The third-order valence-electron chi connectivity index (χ3n) is 6.13. The van der Waals surface area contributed by atoms with Gasteiger partial charge >= 0.3 is 0 Å². The monoisotopic (exact) mass is 431 g/mol. The first-order valence-corrected chi connectivity index (χ1v) is 11.1. The first kappa shape index (κ1) is 19.8. The van der Waals surface area contributed by atoms with Crippen LogP contribution in [0, 0.1) is 4.77 Å². The van der Waals surface area contributed by atoms with Crippen molar-refractivity contribution in [2.75, 3.05) is 38.2 Å². The quantitative estimate of drug-likeness (QED) is 0.490. The number of ether oxygens (including phenoxy) is 1. The Bertz CT molecular complexity index is 1240. The van der Waals surface area contributed by atoms with Gasteiger partial charge in [-0.25, -0.2) is 0 Å². The molecule has 0 saturated carbocycles. The van der Waals surface area contributed by atoms with Crippen molar-refractivity contribution in [3.05, 3.63) is 83.6 Å². The molecule has 2 heterocycles. The summed E-state index contributed by atoms with van der Waals surface area (Å²) >= 11 is 5.96. The SMILES string of the molecule is COc1ccccc1N1CC[NH+](Cn2c(=S)n(-c3ccccc3)c3ccccc32)CC1. The van der Waals surface area contributed by atoms with Gasteiger partial charge in [-0.15, -0.1) is 0 Å². The zero-order chi connectivity index (χ0) is 21.2. The molecule has 3 aromatic carbocycles. The second-order valence-electron chi connectivity index (χ2n) is 7.94. The normalized spacial score (nSPS) is 14.8. The van der Waals surface area contributed by atoms with E-state index < -0.39 is 0 Å². The summed E-state index contributed by atoms with van der Waals surface area (Å²) in [7, 11) is 1.74. The molecule has 0 bridgehead atoms. The molecule has 1 aliphatic heterocycles. The molecule has 1 aliphatic rings. The lowest BCUT2D eigenvalue weighted by atomic mass is 10.2. The highest BCUT2D eigenvalue weighted by molar-refractivity contribution is 7.71. The molecule has 0 aliphatic carbocycles. The van der Waals surface area contributed by atoms with E-state index in [2.05, 4.69) is 74.7 Å². The van der Waals surface area contributed by atoms with Crippen molar-refractivity contribution in [3.63, 3.8) is 0 Å². The van der Waals surface area contributed by atoms with Crippen molar-refractivity contribution in [3.8, 4) is 11.4 Å². The van der Waals surface area contributed by atoms with E-state index in [4.69, 9.17) is 17.0 Å². The van der Waals surface area contributed by atoms with Gasteiger partial charge in [0, 0.05) is 5.69 Å². The number of methoxy groups -OCH3 is 1. The maximum Gasteiger partial charge on any atom is 0.189 e. The van der Waals surface area contributed by atoms with E-state index in [0.29, 0.717) is 0 Å². The van der Waals surface area contributed by atoms with Gasteiger partial charge in [-0.1, -0.05) is 42.5 Å². The number of hydrogen-bond donors (Lipinski definition) is 1. The Morgan fingerprint density at radius 3 is 2.23 bits per heavy atom. The number of aromatic nitrogens is 2. The molecule has 31 heavy (non-hydrogen) atoms. The predicted octanol–water partition coefficient (Wildman–Crippen LogP) is 3.53. The van der Waals surface area contributed by atoms with Gasteiger partial charge in [0.2, 0.25) is 0 Å². The highest BCUT2D eigenvalue weighted by Gasteiger charge is 2.23. The third-order valence-corrected chi connectivity index (χ3v) is 6.53. The van der Waals surface area contributed by atoms with Crippen LogP contribution in [-0.4, -0.2) is 42.4 Å². The number of hydrogen-bond acceptors (Lipinski definition) is 3. The highest BCUT2D eigenvalue weighted by Crippen LogP contribution is 2.27. The summed E-state index contributed by atoms with van der Waals surface area (Å²) in [5.41, 5.74) is 4.64. The smallest absolute Gasteiger partial charge is 0.189 e. The van der Waals surface area contributed by atoms with Crippen LogP contribution in [0.1, 0.15) is 0 Å². The maximum absolute atomic E-state index is 5.96. The van der Waals surface area contributed by atoms with Crippen molar-refractivity contribution >= 4 is 28.9 Å². The Kier molecular flexibility index (Phi) is 5.49. The Labute approximate surface area is 187 Å². The van der Waals surface area contributed by atoms with Crippen LogP contribution in [-0.2, 0) is 6.67 Å². The number of imidazole rings is 1. The van der Waals surface area contributed by atoms with Crippen LogP contribution >= 0.6 is 12.2 Å². The molecule has 0 spiro atoms. The summed E-state index contributed by atoms with van der Waals surface area (Å²) in [5, 5.41) is 0. The topological polar surface area (TPSA) is 26.8 Å². The molecule has 5 rings (SSSR count). The van der Waals surface area contributed by atoms with Crippen LogP contribution in [0.4, 0.5) is 5.69 Å². The minimum atomic E-state index is 0.854. The van der Waals surface area contributed by atoms with Gasteiger partial charge in [0.25, 0.3) is 0 Å². The van der Waals surface area contributed by atoms with E-state index in [0.717, 1.165) is 54.6 Å². The second kappa shape index (κ2) is 8.57. The van der Waals surface area contributed by atoms with Crippen molar-refractivity contribution in [2.24, 2.45) is 0 Å². The number of anilines is 1. The molecule has 1 aromatic heterocycles. The maximum atomic E-state index is 5.96. The minimum absolute atomic E-state index is 0.854. The fraction of sp³-hybridized carbons (Fsp3) is 0.240. The average molecular weight is 432 g/mol. The molecule has 158 valence electrons. The van der Waals surface area contributed by atoms with Gasteiger partial charge in [-0.2, -0.15) is 0 Å². The first-order chi connectivity index (χ1) is 15.3. The zero-order valence-electron chi connectivity index (χ0n) is 17.7. The van der Waals surface area contributed by atoms with Gasteiger partial charge in [0.15, 0.2) is 11.4 Å².